The van der Waals surface area contributed by atoms with E-state index in [4.69, 9.17) is 14.6 Å². The SMILES string of the molecule is CCn1c(-c2ccc(OC)cc2OC)ccc(C(=O)O)c1=O. The molecule has 1 N–H and O–H groups in total. The van der Waals surface area contributed by atoms with Crippen molar-refractivity contribution in [3.63, 3.8) is 0 Å². The van der Waals surface area contributed by atoms with Crippen LogP contribution >= 0.6 is 0 Å². The molecule has 0 unspecified atom stereocenters. The van der Waals surface area contributed by atoms with E-state index in [-0.39, 0.29) is 5.56 Å². The number of nitrogens with zero attached hydrogens (tertiary/aromatic N) is 1. The van der Waals surface area contributed by atoms with Crippen molar-refractivity contribution in [1.29, 1.82) is 0 Å². The first-order chi connectivity index (χ1) is 10.5. The van der Waals surface area contributed by atoms with Crippen LogP contribution in [0.15, 0.2) is 35.1 Å². The van der Waals surface area contributed by atoms with Crippen LogP contribution in [0.3, 0.4) is 0 Å². The average Bonchev–Trinajstić information content (AvgIpc) is 2.53. The van der Waals surface area contributed by atoms with E-state index >= 15 is 0 Å². The van der Waals surface area contributed by atoms with Gasteiger partial charge in [-0.2, -0.15) is 0 Å². The van der Waals surface area contributed by atoms with Crippen LogP contribution in [0.1, 0.15) is 17.3 Å². The Kier molecular flexibility index (Phi) is 4.50. The summed E-state index contributed by atoms with van der Waals surface area (Å²) in [7, 11) is 3.08. The van der Waals surface area contributed by atoms with Crippen molar-refractivity contribution in [1.82, 2.24) is 4.57 Å². The summed E-state index contributed by atoms with van der Waals surface area (Å²) in [6.07, 6.45) is 0. The summed E-state index contributed by atoms with van der Waals surface area (Å²) >= 11 is 0. The lowest BCUT2D eigenvalue weighted by molar-refractivity contribution is 0.0694. The Labute approximate surface area is 127 Å². The molecule has 0 saturated heterocycles. The van der Waals surface area contributed by atoms with E-state index in [1.807, 2.05) is 0 Å². The lowest BCUT2D eigenvalue weighted by Crippen LogP contribution is -2.26. The van der Waals surface area contributed by atoms with E-state index < -0.39 is 11.5 Å². The first-order valence-corrected chi connectivity index (χ1v) is 6.73. The number of benzene rings is 1. The van der Waals surface area contributed by atoms with Crippen molar-refractivity contribution in [2.75, 3.05) is 14.2 Å². The molecule has 2 aromatic rings. The van der Waals surface area contributed by atoms with Crippen molar-refractivity contribution >= 4 is 5.97 Å². The van der Waals surface area contributed by atoms with Gasteiger partial charge < -0.3 is 19.1 Å². The number of hydrogen-bond acceptors (Lipinski definition) is 4. The Balaban J connectivity index is 2.70. The highest BCUT2D eigenvalue weighted by Gasteiger charge is 2.16. The largest absolute Gasteiger partial charge is 0.497 e. The van der Waals surface area contributed by atoms with Gasteiger partial charge in [-0.15, -0.1) is 0 Å². The fourth-order valence-corrected chi connectivity index (χ4v) is 2.30. The molecular formula is C16H17NO5. The molecule has 0 aliphatic carbocycles. The molecule has 6 nitrogen and oxygen atoms in total. The Bertz CT molecular complexity index is 764. The number of carbonyl (C=O) groups is 1. The van der Waals surface area contributed by atoms with Crippen LogP contribution in [0.2, 0.25) is 0 Å². The molecule has 0 bridgehead atoms. The minimum absolute atomic E-state index is 0.252. The molecule has 116 valence electrons. The molecule has 0 amide bonds. The summed E-state index contributed by atoms with van der Waals surface area (Å²) in [6, 6.07) is 8.17. The predicted octanol–water partition coefficient (Wildman–Crippen LogP) is 2.25. The average molecular weight is 303 g/mol. The number of carboxylic acid groups (broad SMARTS) is 1. The fraction of sp³-hybridized carbons (Fsp3) is 0.250. The van der Waals surface area contributed by atoms with Gasteiger partial charge in [0.25, 0.3) is 5.56 Å². The van der Waals surface area contributed by atoms with Gasteiger partial charge in [-0.1, -0.05) is 0 Å². The van der Waals surface area contributed by atoms with Gasteiger partial charge in [0, 0.05) is 18.2 Å². The number of aromatic nitrogens is 1. The number of aromatic carboxylic acids is 1. The smallest absolute Gasteiger partial charge is 0.341 e. The lowest BCUT2D eigenvalue weighted by atomic mass is 10.1. The van der Waals surface area contributed by atoms with Crippen molar-refractivity contribution < 1.29 is 19.4 Å². The van der Waals surface area contributed by atoms with Crippen LogP contribution in [-0.2, 0) is 6.54 Å². The number of carboxylic acids is 1. The molecule has 0 saturated carbocycles. The highest BCUT2D eigenvalue weighted by Crippen LogP contribution is 2.32. The number of pyridine rings is 1. The first kappa shape index (κ1) is 15.6. The standard InChI is InChI=1S/C16H17NO5/c1-4-17-13(8-7-12(15(17)18)16(19)20)11-6-5-10(21-2)9-14(11)22-3/h5-9H,4H2,1-3H3,(H,19,20). The summed E-state index contributed by atoms with van der Waals surface area (Å²) in [6.45, 7) is 2.14. The van der Waals surface area contributed by atoms with E-state index in [9.17, 15) is 9.59 Å². The van der Waals surface area contributed by atoms with Crippen LogP contribution < -0.4 is 15.0 Å². The van der Waals surface area contributed by atoms with Gasteiger partial charge in [0.1, 0.15) is 17.1 Å². The zero-order valence-corrected chi connectivity index (χ0v) is 12.6. The van der Waals surface area contributed by atoms with Gasteiger partial charge in [0.2, 0.25) is 0 Å². The minimum atomic E-state index is -1.24. The normalized spacial score (nSPS) is 10.3. The number of ether oxygens (including phenoxy) is 2. The summed E-state index contributed by atoms with van der Waals surface area (Å²) in [4.78, 5) is 23.4. The molecule has 6 heteroatoms. The van der Waals surface area contributed by atoms with Gasteiger partial charge in [-0.3, -0.25) is 4.79 Å². The highest BCUT2D eigenvalue weighted by atomic mass is 16.5. The maximum absolute atomic E-state index is 12.3. The Hall–Kier alpha value is -2.76. The number of rotatable bonds is 5. The molecule has 0 atom stereocenters. The van der Waals surface area contributed by atoms with Gasteiger partial charge in [0.05, 0.1) is 19.9 Å². The van der Waals surface area contributed by atoms with E-state index in [2.05, 4.69) is 0 Å². The zero-order valence-electron chi connectivity index (χ0n) is 12.6. The molecule has 0 aliphatic heterocycles. The van der Waals surface area contributed by atoms with Gasteiger partial charge in [0.15, 0.2) is 0 Å². The molecule has 1 aromatic carbocycles. The summed E-state index contributed by atoms with van der Waals surface area (Å²) in [5, 5.41) is 9.06. The quantitative estimate of drug-likeness (QED) is 0.916. The first-order valence-electron chi connectivity index (χ1n) is 6.73. The number of methoxy groups -OCH3 is 2. The molecule has 0 radical (unpaired) electrons. The summed E-state index contributed by atoms with van der Waals surface area (Å²) in [5.41, 5.74) is 0.500. The Morgan fingerprint density at radius 1 is 1.18 bits per heavy atom. The predicted molar refractivity (Wildman–Crippen MR) is 81.9 cm³/mol. The molecule has 1 heterocycles. The molecule has 0 aliphatic rings. The maximum Gasteiger partial charge on any atom is 0.341 e. The van der Waals surface area contributed by atoms with Crippen LogP contribution in [0, 0.1) is 0 Å². The van der Waals surface area contributed by atoms with Crippen molar-refractivity contribution in [2.45, 2.75) is 13.5 Å². The van der Waals surface area contributed by atoms with Gasteiger partial charge in [-0.25, -0.2) is 4.79 Å². The van der Waals surface area contributed by atoms with Crippen molar-refractivity contribution in [2.24, 2.45) is 0 Å². The third-order valence-corrected chi connectivity index (χ3v) is 3.41. The number of hydrogen-bond donors (Lipinski definition) is 1. The second-order valence-electron chi connectivity index (χ2n) is 4.55. The molecule has 0 spiro atoms. The lowest BCUT2D eigenvalue weighted by Gasteiger charge is -2.15. The molecular weight excluding hydrogens is 286 g/mol. The van der Waals surface area contributed by atoms with Crippen molar-refractivity contribution in [3.05, 3.63) is 46.2 Å². The van der Waals surface area contributed by atoms with E-state index in [0.717, 1.165) is 0 Å². The topological polar surface area (TPSA) is 77.8 Å². The summed E-state index contributed by atoms with van der Waals surface area (Å²) in [5.74, 6) is -0.0578. The second kappa shape index (κ2) is 6.34. The van der Waals surface area contributed by atoms with Gasteiger partial charge >= 0.3 is 5.97 Å². The van der Waals surface area contributed by atoms with Crippen LogP contribution in [0.5, 0.6) is 11.5 Å². The summed E-state index contributed by atoms with van der Waals surface area (Å²) < 4.78 is 11.9. The van der Waals surface area contributed by atoms with Gasteiger partial charge in [-0.05, 0) is 31.2 Å². The zero-order chi connectivity index (χ0) is 16.3. The van der Waals surface area contributed by atoms with E-state index in [0.29, 0.717) is 29.3 Å². The van der Waals surface area contributed by atoms with Crippen LogP contribution in [0.25, 0.3) is 11.3 Å². The molecule has 0 fully saturated rings. The highest BCUT2D eigenvalue weighted by molar-refractivity contribution is 5.87. The monoisotopic (exact) mass is 303 g/mol. The fourth-order valence-electron chi connectivity index (χ4n) is 2.30. The molecule has 1 aromatic heterocycles. The second-order valence-corrected chi connectivity index (χ2v) is 4.55. The van der Waals surface area contributed by atoms with E-state index in [1.54, 1.807) is 38.3 Å². The Morgan fingerprint density at radius 3 is 2.45 bits per heavy atom. The molecule has 2 rings (SSSR count). The third-order valence-electron chi connectivity index (χ3n) is 3.41. The Morgan fingerprint density at radius 2 is 1.91 bits per heavy atom. The minimum Gasteiger partial charge on any atom is -0.497 e. The van der Waals surface area contributed by atoms with Crippen LogP contribution in [-0.4, -0.2) is 29.9 Å². The van der Waals surface area contributed by atoms with Crippen molar-refractivity contribution in [3.8, 4) is 22.8 Å². The van der Waals surface area contributed by atoms with E-state index in [1.165, 1.54) is 17.7 Å². The van der Waals surface area contributed by atoms with Crippen LogP contribution in [0.4, 0.5) is 0 Å². The third kappa shape index (κ3) is 2.67. The maximum atomic E-state index is 12.3. The molecule has 22 heavy (non-hydrogen) atoms.